The maximum absolute atomic E-state index is 8.83. The molecule has 0 rings (SSSR count). The van der Waals surface area contributed by atoms with Gasteiger partial charge in [-0.05, 0) is 13.8 Å². The summed E-state index contributed by atoms with van der Waals surface area (Å²) in [5, 5.41) is 10.5. The first-order chi connectivity index (χ1) is 6.16. The summed E-state index contributed by atoms with van der Waals surface area (Å²) in [7, 11) is -2.86. The molecule has 0 aromatic rings. The fraction of sp³-hybridized carbons (Fsp3) is 1.00. The Balaban J connectivity index is 0. The Morgan fingerprint density at radius 2 is 1.79 bits per heavy atom. The van der Waals surface area contributed by atoms with Gasteiger partial charge in [-0.2, -0.15) is 13.5 Å². The third-order valence-corrected chi connectivity index (χ3v) is 0.871. The number of hydrogen-bond acceptors (Lipinski definition) is 5. The second-order valence-corrected chi connectivity index (χ2v) is 3.42. The van der Waals surface area contributed by atoms with E-state index in [0.717, 1.165) is 0 Å². The fourth-order valence-electron chi connectivity index (χ4n) is 0.645. The summed E-state index contributed by atoms with van der Waals surface area (Å²) in [4.78, 5) is 5.03. The van der Waals surface area contributed by atoms with Gasteiger partial charge >= 0.3 is 10.4 Å². The molecule has 0 aliphatic heterocycles. The molecule has 14 heavy (non-hydrogen) atoms. The summed E-state index contributed by atoms with van der Waals surface area (Å²) in [6, 6.07) is 0. The molecule has 0 spiro atoms. The predicted octanol–water partition coefficient (Wildman–Crippen LogP) is -0.402. The maximum atomic E-state index is 8.83. The molecule has 3 N–H and O–H groups in total. The number of nitrogens with zero attached hydrogens (tertiary/aromatic N) is 1. The van der Waals surface area contributed by atoms with Crippen LogP contribution in [0.2, 0.25) is 0 Å². The Kier molecular flexibility index (Phi) is 9.36. The number of aliphatic hydroxyl groups excluding tert-OH is 1. The molecule has 1 atom stereocenters. The van der Waals surface area contributed by atoms with Gasteiger partial charge in [0, 0.05) is 13.6 Å². The largest absolute Gasteiger partial charge is 0.394 e. The molecule has 0 bridgehead atoms. The molecule has 0 aliphatic rings. The Labute approximate surface area is 83.8 Å². The highest BCUT2D eigenvalue weighted by atomic mass is 32.3. The lowest BCUT2D eigenvalue weighted by Gasteiger charge is -2.16. The zero-order valence-electron chi connectivity index (χ0n) is 8.41. The first-order valence-corrected chi connectivity index (χ1v) is 5.28. The van der Waals surface area contributed by atoms with Gasteiger partial charge in [-0.3, -0.25) is 13.9 Å². The fourth-order valence-corrected chi connectivity index (χ4v) is 0.645. The zero-order valence-corrected chi connectivity index (χ0v) is 9.23. The topological polar surface area (TPSA) is 107 Å². The second kappa shape index (κ2) is 8.09. The van der Waals surface area contributed by atoms with E-state index < -0.39 is 10.4 Å². The summed E-state index contributed by atoms with van der Waals surface area (Å²) in [5.41, 5.74) is 0. The molecule has 1 unspecified atom stereocenters. The molecule has 0 amide bonds. The lowest BCUT2D eigenvalue weighted by Crippen LogP contribution is -2.27. The standard InChI is InChI=1S/C6H15NO2.H2O4S/c1-4-9-7(3)5-6(2)8;1-5(2,3)4/h6,8H,4-5H2,1-3H3;(H2,1,2,3,4). The minimum absolute atomic E-state index is 0.318. The van der Waals surface area contributed by atoms with E-state index in [2.05, 4.69) is 0 Å². The van der Waals surface area contributed by atoms with Gasteiger partial charge in [0.25, 0.3) is 0 Å². The maximum Gasteiger partial charge on any atom is 0.394 e. The molecule has 0 saturated heterocycles. The number of likely N-dealkylation sites (N-methyl/N-ethyl adjacent to an activating group) is 1. The monoisotopic (exact) mass is 231 g/mol. The van der Waals surface area contributed by atoms with Crippen LogP contribution < -0.4 is 0 Å². The van der Waals surface area contributed by atoms with E-state index >= 15 is 0 Å². The van der Waals surface area contributed by atoms with Crippen LogP contribution in [-0.2, 0) is 15.2 Å². The molecule has 8 heteroatoms. The first kappa shape index (κ1) is 16.2. The summed E-state index contributed by atoms with van der Waals surface area (Å²) in [6.07, 6.45) is -0.318. The first-order valence-electron chi connectivity index (χ1n) is 3.88. The third-order valence-electron chi connectivity index (χ3n) is 0.871. The molecule has 0 aliphatic carbocycles. The Bertz CT molecular complexity index is 206. The summed E-state index contributed by atoms with van der Waals surface area (Å²) in [5.74, 6) is 0. The van der Waals surface area contributed by atoms with E-state index in [1.807, 2.05) is 6.92 Å². The Morgan fingerprint density at radius 3 is 2.00 bits per heavy atom. The third kappa shape index (κ3) is 29.8. The van der Waals surface area contributed by atoms with Crippen molar-refractivity contribution in [3.05, 3.63) is 0 Å². The van der Waals surface area contributed by atoms with Gasteiger partial charge in [0.05, 0.1) is 12.7 Å². The van der Waals surface area contributed by atoms with Crippen molar-refractivity contribution in [2.24, 2.45) is 0 Å². The van der Waals surface area contributed by atoms with Crippen LogP contribution in [0.15, 0.2) is 0 Å². The van der Waals surface area contributed by atoms with Crippen molar-refractivity contribution in [2.45, 2.75) is 20.0 Å². The molecule has 0 heterocycles. The lowest BCUT2D eigenvalue weighted by atomic mass is 10.4. The lowest BCUT2D eigenvalue weighted by molar-refractivity contribution is -0.148. The summed E-state index contributed by atoms with van der Waals surface area (Å²) < 4.78 is 31.6. The second-order valence-electron chi connectivity index (χ2n) is 2.53. The van der Waals surface area contributed by atoms with Gasteiger partial charge in [0.15, 0.2) is 0 Å². The molecule has 7 nitrogen and oxygen atoms in total. The van der Waals surface area contributed by atoms with Crippen LogP contribution in [0.25, 0.3) is 0 Å². The van der Waals surface area contributed by atoms with Gasteiger partial charge in [0.1, 0.15) is 0 Å². The molecule has 0 saturated carbocycles. The highest BCUT2D eigenvalue weighted by Crippen LogP contribution is 1.87. The van der Waals surface area contributed by atoms with Gasteiger partial charge < -0.3 is 5.11 Å². The van der Waals surface area contributed by atoms with Crippen LogP contribution in [0.5, 0.6) is 0 Å². The van der Waals surface area contributed by atoms with Crippen molar-refractivity contribution in [3.8, 4) is 0 Å². The average molecular weight is 231 g/mol. The van der Waals surface area contributed by atoms with Crippen molar-refractivity contribution in [3.63, 3.8) is 0 Å². The van der Waals surface area contributed by atoms with Crippen LogP contribution in [-0.4, -0.2) is 54.0 Å². The van der Waals surface area contributed by atoms with Gasteiger partial charge in [0.2, 0.25) is 0 Å². The molecule has 0 fully saturated rings. The van der Waals surface area contributed by atoms with E-state index in [4.69, 9.17) is 27.5 Å². The van der Waals surface area contributed by atoms with E-state index in [9.17, 15) is 0 Å². The Hall–Kier alpha value is -0.250. The highest BCUT2D eigenvalue weighted by Gasteiger charge is 2.00. The van der Waals surface area contributed by atoms with Crippen LogP contribution in [0.1, 0.15) is 13.8 Å². The molecule has 0 aromatic heterocycles. The molecule has 0 radical (unpaired) electrons. The summed E-state index contributed by atoms with van der Waals surface area (Å²) >= 11 is 0. The van der Waals surface area contributed by atoms with Crippen LogP contribution >= 0.6 is 0 Å². The minimum atomic E-state index is -4.67. The quantitative estimate of drug-likeness (QED) is 0.446. The molecule has 0 aromatic carbocycles. The zero-order chi connectivity index (χ0) is 11.8. The van der Waals surface area contributed by atoms with Gasteiger partial charge in [-0.1, -0.05) is 0 Å². The van der Waals surface area contributed by atoms with Gasteiger partial charge in [-0.25, -0.2) is 0 Å². The average Bonchev–Trinajstić information content (AvgIpc) is 1.80. The van der Waals surface area contributed by atoms with Crippen molar-refractivity contribution >= 4 is 10.4 Å². The van der Waals surface area contributed by atoms with E-state index in [1.54, 1.807) is 19.0 Å². The van der Waals surface area contributed by atoms with Crippen LogP contribution in [0.3, 0.4) is 0 Å². The van der Waals surface area contributed by atoms with Crippen molar-refractivity contribution in [2.75, 3.05) is 20.2 Å². The minimum Gasteiger partial charge on any atom is -0.392 e. The highest BCUT2D eigenvalue weighted by molar-refractivity contribution is 7.79. The van der Waals surface area contributed by atoms with E-state index in [1.165, 1.54) is 0 Å². The molecular weight excluding hydrogens is 214 g/mol. The Morgan fingerprint density at radius 1 is 1.43 bits per heavy atom. The smallest absolute Gasteiger partial charge is 0.392 e. The van der Waals surface area contributed by atoms with E-state index in [0.29, 0.717) is 13.2 Å². The number of rotatable bonds is 4. The van der Waals surface area contributed by atoms with E-state index in [-0.39, 0.29) is 6.10 Å². The molecule has 88 valence electrons. The SMILES string of the molecule is CCON(C)CC(C)O.O=S(=O)(O)O. The molecular formula is C6H17NO6S. The van der Waals surface area contributed by atoms with Crippen molar-refractivity contribution < 1.29 is 27.5 Å². The number of aliphatic hydroxyl groups is 1. The number of hydroxylamine groups is 2. The van der Waals surface area contributed by atoms with Crippen LogP contribution in [0, 0.1) is 0 Å². The summed E-state index contributed by atoms with van der Waals surface area (Å²) in [6.45, 7) is 4.87. The van der Waals surface area contributed by atoms with Crippen molar-refractivity contribution in [1.82, 2.24) is 5.06 Å². The van der Waals surface area contributed by atoms with Gasteiger partial charge in [-0.15, -0.1) is 0 Å². The normalized spacial score (nSPS) is 13.4. The number of hydrogen-bond donors (Lipinski definition) is 3. The van der Waals surface area contributed by atoms with Crippen LogP contribution in [0.4, 0.5) is 0 Å². The predicted molar refractivity (Wildman–Crippen MR) is 50.1 cm³/mol. The van der Waals surface area contributed by atoms with Crippen molar-refractivity contribution in [1.29, 1.82) is 0 Å².